The number of rotatable bonds is 3. The molecule has 1 aliphatic rings. The first-order valence-electron chi connectivity index (χ1n) is 6.58. The van der Waals surface area contributed by atoms with E-state index in [0.717, 1.165) is 5.56 Å². The van der Waals surface area contributed by atoms with Crippen molar-refractivity contribution in [3.8, 4) is 17.2 Å². The molecule has 0 atom stereocenters. The predicted octanol–water partition coefficient (Wildman–Crippen LogP) is 3.97. The van der Waals surface area contributed by atoms with Crippen LogP contribution in [0.5, 0.6) is 17.2 Å². The minimum absolute atomic E-state index is 0.188. The molecule has 0 aromatic heterocycles. The predicted molar refractivity (Wildman–Crippen MR) is 83.9 cm³/mol. The lowest BCUT2D eigenvalue weighted by Crippen LogP contribution is -1.98. The third kappa shape index (κ3) is 2.53. The largest absolute Gasteiger partial charge is 0.493 e. The van der Waals surface area contributed by atoms with E-state index in [-0.39, 0.29) is 11.5 Å². The van der Waals surface area contributed by atoms with Crippen LogP contribution in [0.3, 0.4) is 0 Å². The number of benzene rings is 2. The molecule has 0 amide bonds. The maximum absolute atomic E-state index is 12.3. The van der Waals surface area contributed by atoms with Crippen LogP contribution in [0.25, 0.3) is 6.08 Å². The Kier molecular flexibility index (Phi) is 3.77. The topological polar surface area (TPSA) is 44.8 Å². The molecule has 4 nitrogen and oxygen atoms in total. The summed E-state index contributed by atoms with van der Waals surface area (Å²) in [7, 11) is 3.13. The Morgan fingerprint density at radius 3 is 2.55 bits per heavy atom. The molecule has 0 aliphatic carbocycles. The zero-order valence-corrected chi connectivity index (χ0v) is 12.8. The van der Waals surface area contributed by atoms with Gasteiger partial charge in [0, 0.05) is 5.02 Å². The van der Waals surface area contributed by atoms with Crippen LogP contribution >= 0.6 is 11.6 Å². The maximum atomic E-state index is 12.3. The van der Waals surface area contributed by atoms with Crippen LogP contribution in [0.1, 0.15) is 15.9 Å². The molecule has 0 radical (unpaired) electrons. The van der Waals surface area contributed by atoms with Gasteiger partial charge in [-0.25, -0.2) is 0 Å². The van der Waals surface area contributed by atoms with Gasteiger partial charge >= 0.3 is 0 Å². The molecule has 5 heteroatoms. The Balaban J connectivity index is 1.96. The van der Waals surface area contributed by atoms with Crippen molar-refractivity contribution >= 4 is 23.5 Å². The van der Waals surface area contributed by atoms with Crippen molar-refractivity contribution in [1.29, 1.82) is 0 Å². The summed E-state index contributed by atoms with van der Waals surface area (Å²) in [6, 6.07) is 10.3. The molecule has 0 unspecified atom stereocenters. The van der Waals surface area contributed by atoms with Gasteiger partial charge in [0.15, 0.2) is 17.3 Å². The second-order valence-corrected chi connectivity index (χ2v) is 5.13. The third-order valence-electron chi connectivity index (χ3n) is 3.34. The number of ether oxygens (including phenoxy) is 3. The molecule has 112 valence electrons. The van der Waals surface area contributed by atoms with E-state index in [9.17, 15) is 4.79 Å². The van der Waals surface area contributed by atoms with E-state index in [0.29, 0.717) is 27.8 Å². The van der Waals surface area contributed by atoms with Crippen LogP contribution in [0.15, 0.2) is 42.2 Å². The van der Waals surface area contributed by atoms with E-state index in [2.05, 4.69) is 0 Å². The first kappa shape index (κ1) is 14.5. The summed E-state index contributed by atoms with van der Waals surface area (Å²) in [4.78, 5) is 12.3. The van der Waals surface area contributed by atoms with Crippen molar-refractivity contribution in [1.82, 2.24) is 0 Å². The minimum Gasteiger partial charge on any atom is -0.493 e. The number of fused-ring (bicyclic) bond motifs is 1. The highest BCUT2D eigenvalue weighted by molar-refractivity contribution is 6.31. The molecule has 22 heavy (non-hydrogen) atoms. The molecule has 0 bridgehead atoms. The van der Waals surface area contributed by atoms with E-state index in [1.165, 1.54) is 0 Å². The van der Waals surface area contributed by atoms with E-state index in [1.807, 2.05) is 6.07 Å². The highest BCUT2D eigenvalue weighted by Crippen LogP contribution is 2.34. The van der Waals surface area contributed by atoms with Crippen molar-refractivity contribution in [2.45, 2.75) is 0 Å². The second kappa shape index (κ2) is 5.73. The summed E-state index contributed by atoms with van der Waals surface area (Å²) in [5.74, 6) is 1.79. The Hall–Kier alpha value is -2.46. The summed E-state index contributed by atoms with van der Waals surface area (Å²) in [5, 5.41) is 0.503. The maximum Gasteiger partial charge on any atom is 0.232 e. The SMILES string of the molecule is COc1ccc(/C=C2\Oc3ccc(Cl)cc3C2=O)cc1OC. The monoisotopic (exact) mass is 316 g/mol. The van der Waals surface area contributed by atoms with Crippen LogP contribution in [0, 0.1) is 0 Å². The molecule has 0 saturated carbocycles. The zero-order chi connectivity index (χ0) is 15.7. The normalized spacial score (nSPS) is 14.7. The zero-order valence-electron chi connectivity index (χ0n) is 12.1. The smallest absolute Gasteiger partial charge is 0.232 e. The molecule has 0 fully saturated rings. The number of hydrogen-bond acceptors (Lipinski definition) is 4. The number of Topliss-reactive ketones (excluding diaryl/α,β-unsaturated/α-hetero) is 1. The van der Waals surface area contributed by atoms with Crippen LogP contribution in [0.2, 0.25) is 5.02 Å². The Morgan fingerprint density at radius 1 is 1.05 bits per heavy atom. The van der Waals surface area contributed by atoms with Crippen LogP contribution in [-0.2, 0) is 0 Å². The molecule has 1 aliphatic heterocycles. The number of carbonyl (C=O) groups excluding carboxylic acids is 1. The van der Waals surface area contributed by atoms with E-state index in [1.54, 1.807) is 50.6 Å². The molecule has 1 heterocycles. The van der Waals surface area contributed by atoms with Gasteiger partial charge in [-0.3, -0.25) is 4.79 Å². The van der Waals surface area contributed by atoms with Crippen LogP contribution < -0.4 is 14.2 Å². The van der Waals surface area contributed by atoms with Crippen LogP contribution in [0.4, 0.5) is 0 Å². The van der Waals surface area contributed by atoms with Crippen molar-refractivity contribution in [2.24, 2.45) is 0 Å². The number of halogens is 1. The highest BCUT2D eigenvalue weighted by atomic mass is 35.5. The summed E-state index contributed by atoms with van der Waals surface area (Å²) in [6.45, 7) is 0. The fraction of sp³-hybridized carbons (Fsp3) is 0.118. The lowest BCUT2D eigenvalue weighted by atomic mass is 10.1. The molecular weight excluding hydrogens is 304 g/mol. The lowest BCUT2D eigenvalue weighted by Gasteiger charge is -2.08. The molecule has 0 N–H and O–H groups in total. The average Bonchev–Trinajstić information content (AvgIpc) is 2.83. The molecule has 2 aromatic rings. The summed E-state index contributed by atoms with van der Waals surface area (Å²) in [6.07, 6.45) is 1.66. The van der Waals surface area contributed by atoms with Gasteiger partial charge in [-0.15, -0.1) is 0 Å². The van der Waals surface area contributed by atoms with E-state index >= 15 is 0 Å². The minimum atomic E-state index is -0.188. The fourth-order valence-corrected chi connectivity index (χ4v) is 2.43. The highest BCUT2D eigenvalue weighted by Gasteiger charge is 2.27. The number of methoxy groups -OCH3 is 2. The lowest BCUT2D eigenvalue weighted by molar-refractivity contribution is 0.101. The number of hydrogen-bond donors (Lipinski definition) is 0. The Bertz CT molecular complexity index is 780. The summed E-state index contributed by atoms with van der Waals surface area (Å²) >= 11 is 5.91. The first-order chi connectivity index (χ1) is 10.6. The molecule has 0 spiro atoms. The van der Waals surface area contributed by atoms with Gasteiger partial charge in [-0.1, -0.05) is 17.7 Å². The Labute approximate surface area is 132 Å². The van der Waals surface area contributed by atoms with E-state index in [4.69, 9.17) is 25.8 Å². The molecule has 2 aromatic carbocycles. The van der Waals surface area contributed by atoms with Gasteiger partial charge in [-0.2, -0.15) is 0 Å². The van der Waals surface area contributed by atoms with Gasteiger partial charge in [-0.05, 0) is 42.0 Å². The Morgan fingerprint density at radius 2 is 1.82 bits per heavy atom. The second-order valence-electron chi connectivity index (χ2n) is 4.69. The average molecular weight is 317 g/mol. The van der Waals surface area contributed by atoms with E-state index < -0.39 is 0 Å². The van der Waals surface area contributed by atoms with Gasteiger partial charge in [0.2, 0.25) is 5.78 Å². The van der Waals surface area contributed by atoms with Gasteiger partial charge < -0.3 is 14.2 Å². The quantitative estimate of drug-likeness (QED) is 0.804. The van der Waals surface area contributed by atoms with Gasteiger partial charge in [0.05, 0.1) is 19.8 Å². The molecular formula is C17H13ClO4. The number of carbonyl (C=O) groups is 1. The van der Waals surface area contributed by atoms with Crippen molar-refractivity contribution < 1.29 is 19.0 Å². The van der Waals surface area contributed by atoms with Gasteiger partial charge in [0.1, 0.15) is 5.75 Å². The third-order valence-corrected chi connectivity index (χ3v) is 3.57. The first-order valence-corrected chi connectivity index (χ1v) is 6.96. The molecule has 0 saturated heterocycles. The standard InChI is InChI=1S/C17H13ClO4/c1-20-14-5-3-10(7-15(14)21-2)8-16-17(19)12-9-11(18)4-6-13(12)22-16/h3-9H,1-2H3/b16-8-. The number of ketones is 1. The van der Waals surface area contributed by atoms with Crippen LogP contribution in [-0.4, -0.2) is 20.0 Å². The fourth-order valence-electron chi connectivity index (χ4n) is 2.26. The van der Waals surface area contributed by atoms with Gasteiger partial charge in [0.25, 0.3) is 0 Å². The van der Waals surface area contributed by atoms with Crippen molar-refractivity contribution in [3.05, 3.63) is 58.3 Å². The summed E-state index contributed by atoms with van der Waals surface area (Å²) < 4.78 is 16.0. The van der Waals surface area contributed by atoms with Crippen molar-refractivity contribution in [2.75, 3.05) is 14.2 Å². The van der Waals surface area contributed by atoms with Crippen molar-refractivity contribution in [3.63, 3.8) is 0 Å². The molecule has 3 rings (SSSR count). The number of allylic oxidation sites excluding steroid dienone is 1. The summed E-state index contributed by atoms with van der Waals surface area (Å²) in [5.41, 5.74) is 1.25.